The number of hydrogen-bond acceptors (Lipinski definition) is 7. The minimum Gasteiger partial charge on any atom is -0.454 e. The average molecular weight is 469 g/mol. The molecule has 0 bridgehead atoms. The van der Waals surface area contributed by atoms with Gasteiger partial charge < -0.3 is 14.8 Å². The van der Waals surface area contributed by atoms with Gasteiger partial charge in [0.05, 0.1) is 15.9 Å². The fourth-order valence-corrected chi connectivity index (χ4v) is 4.37. The van der Waals surface area contributed by atoms with E-state index in [2.05, 4.69) is 20.0 Å². The Bertz CT molecular complexity index is 1440. The second kappa shape index (κ2) is 7.85. The number of aromatic nitrogens is 2. The highest BCUT2D eigenvalue weighted by atomic mass is 35.5. The van der Waals surface area contributed by atoms with Gasteiger partial charge in [-0.1, -0.05) is 17.7 Å². The lowest BCUT2D eigenvalue weighted by molar-refractivity contribution is 0.174. The van der Waals surface area contributed by atoms with E-state index < -0.39 is 10.0 Å². The summed E-state index contributed by atoms with van der Waals surface area (Å²) in [4.78, 5) is 9.20. The van der Waals surface area contributed by atoms with Gasteiger partial charge in [0.25, 0.3) is 10.0 Å². The van der Waals surface area contributed by atoms with Crippen molar-refractivity contribution < 1.29 is 17.9 Å². The third kappa shape index (κ3) is 4.00. The molecule has 5 rings (SSSR count). The van der Waals surface area contributed by atoms with E-state index in [0.29, 0.717) is 33.2 Å². The molecule has 0 spiro atoms. The van der Waals surface area contributed by atoms with Crippen molar-refractivity contribution in [2.75, 3.05) is 16.8 Å². The Morgan fingerprint density at radius 2 is 1.62 bits per heavy atom. The van der Waals surface area contributed by atoms with E-state index in [1.807, 2.05) is 19.1 Å². The lowest BCUT2D eigenvalue weighted by Crippen LogP contribution is -2.16. The normalized spacial score (nSPS) is 12.7. The van der Waals surface area contributed by atoms with Gasteiger partial charge in [0.2, 0.25) is 6.79 Å². The SMILES string of the molecule is Cc1ccc2nc(NS(=O)(=O)c3ccc(Cl)cc3)c(Nc3ccc4c(c3)OCO4)nc2c1. The van der Waals surface area contributed by atoms with Gasteiger partial charge >= 0.3 is 0 Å². The fourth-order valence-electron chi connectivity index (χ4n) is 3.23. The van der Waals surface area contributed by atoms with Gasteiger partial charge in [-0.2, -0.15) is 0 Å². The molecule has 0 aliphatic carbocycles. The van der Waals surface area contributed by atoms with Crippen LogP contribution in [-0.2, 0) is 10.0 Å². The van der Waals surface area contributed by atoms with Gasteiger partial charge in [-0.15, -0.1) is 0 Å². The third-order valence-corrected chi connectivity index (χ3v) is 6.42. The van der Waals surface area contributed by atoms with Gasteiger partial charge in [0, 0.05) is 16.8 Å². The van der Waals surface area contributed by atoms with Gasteiger partial charge in [0.15, 0.2) is 23.1 Å². The molecule has 0 atom stereocenters. The van der Waals surface area contributed by atoms with Crippen LogP contribution in [0.15, 0.2) is 65.6 Å². The first-order valence-electron chi connectivity index (χ1n) is 9.61. The number of nitrogens with one attached hydrogen (secondary N) is 2. The van der Waals surface area contributed by atoms with E-state index in [9.17, 15) is 8.42 Å². The van der Waals surface area contributed by atoms with Crippen molar-refractivity contribution in [1.82, 2.24) is 9.97 Å². The molecule has 8 nitrogen and oxygen atoms in total. The summed E-state index contributed by atoms with van der Waals surface area (Å²) in [5.74, 6) is 1.54. The van der Waals surface area contributed by atoms with Crippen molar-refractivity contribution >= 4 is 50.0 Å². The number of halogens is 1. The van der Waals surface area contributed by atoms with Crippen LogP contribution in [-0.4, -0.2) is 25.2 Å². The quantitative estimate of drug-likeness (QED) is 0.431. The van der Waals surface area contributed by atoms with E-state index in [0.717, 1.165) is 5.56 Å². The molecule has 2 heterocycles. The molecule has 32 heavy (non-hydrogen) atoms. The number of benzene rings is 3. The highest BCUT2D eigenvalue weighted by molar-refractivity contribution is 7.92. The van der Waals surface area contributed by atoms with Gasteiger partial charge in [-0.3, -0.25) is 4.72 Å². The van der Waals surface area contributed by atoms with Gasteiger partial charge in [0.1, 0.15) is 0 Å². The van der Waals surface area contributed by atoms with Crippen molar-refractivity contribution in [3.05, 3.63) is 71.2 Å². The number of nitrogens with zero attached hydrogens (tertiary/aromatic N) is 2. The third-order valence-electron chi connectivity index (χ3n) is 4.81. The number of sulfonamides is 1. The Balaban J connectivity index is 1.57. The summed E-state index contributed by atoms with van der Waals surface area (Å²) in [5, 5.41) is 3.58. The van der Waals surface area contributed by atoms with E-state index in [1.165, 1.54) is 24.3 Å². The molecule has 10 heteroatoms. The van der Waals surface area contributed by atoms with E-state index in [-0.39, 0.29) is 23.3 Å². The average Bonchev–Trinajstić information content (AvgIpc) is 3.22. The fraction of sp³-hybridized carbons (Fsp3) is 0.0909. The van der Waals surface area contributed by atoms with Crippen LogP contribution in [0.1, 0.15) is 5.56 Å². The molecule has 0 unspecified atom stereocenters. The molecule has 4 aromatic rings. The van der Waals surface area contributed by atoms with Crippen molar-refractivity contribution in [3.8, 4) is 11.5 Å². The molecule has 162 valence electrons. The topological polar surface area (TPSA) is 102 Å². The number of rotatable bonds is 5. The van der Waals surface area contributed by atoms with Gasteiger partial charge in [-0.05, 0) is 61.0 Å². The maximum absolute atomic E-state index is 13.0. The molecule has 0 saturated carbocycles. The Kier molecular flexibility index (Phi) is 4.99. The largest absolute Gasteiger partial charge is 0.454 e. The van der Waals surface area contributed by atoms with E-state index in [4.69, 9.17) is 21.1 Å². The number of hydrogen-bond donors (Lipinski definition) is 2. The highest BCUT2D eigenvalue weighted by Crippen LogP contribution is 2.36. The predicted octanol–water partition coefficient (Wildman–Crippen LogP) is 4.86. The van der Waals surface area contributed by atoms with Crippen LogP contribution in [0.4, 0.5) is 17.3 Å². The predicted molar refractivity (Wildman–Crippen MR) is 122 cm³/mol. The minimum atomic E-state index is -3.93. The molecule has 3 aromatic carbocycles. The minimum absolute atomic E-state index is 0.0572. The molecule has 0 radical (unpaired) electrons. The molecular formula is C22H17ClN4O4S. The zero-order valence-corrected chi connectivity index (χ0v) is 18.4. The lowest BCUT2D eigenvalue weighted by Gasteiger charge is -2.14. The number of fused-ring (bicyclic) bond motifs is 2. The molecule has 0 amide bonds. The van der Waals surface area contributed by atoms with Crippen LogP contribution in [0.5, 0.6) is 11.5 Å². The zero-order chi connectivity index (χ0) is 22.3. The maximum Gasteiger partial charge on any atom is 0.263 e. The molecule has 1 aromatic heterocycles. The Morgan fingerprint density at radius 3 is 2.44 bits per heavy atom. The first-order valence-corrected chi connectivity index (χ1v) is 11.5. The number of aryl methyl sites for hydroxylation is 1. The summed E-state index contributed by atoms with van der Waals surface area (Å²) in [6, 6.07) is 16.7. The van der Waals surface area contributed by atoms with Crippen LogP contribution in [0, 0.1) is 6.92 Å². The Morgan fingerprint density at radius 1 is 0.875 bits per heavy atom. The monoisotopic (exact) mass is 468 g/mol. The zero-order valence-electron chi connectivity index (χ0n) is 16.8. The first kappa shape index (κ1) is 20.3. The molecular weight excluding hydrogens is 452 g/mol. The van der Waals surface area contributed by atoms with E-state index in [1.54, 1.807) is 24.3 Å². The molecule has 1 aliphatic rings. The van der Waals surface area contributed by atoms with Crippen LogP contribution in [0.25, 0.3) is 11.0 Å². The summed E-state index contributed by atoms with van der Waals surface area (Å²) in [6.07, 6.45) is 0. The number of ether oxygens (including phenoxy) is 2. The summed E-state index contributed by atoms with van der Waals surface area (Å²) in [5.41, 5.74) is 2.83. The smallest absolute Gasteiger partial charge is 0.263 e. The second-order valence-electron chi connectivity index (χ2n) is 7.17. The summed E-state index contributed by atoms with van der Waals surface area (Å²) in [6.45, 7) is 2.10. The van der Waals surface area contributed by atoms with Crippen molar-refractivity contribution in [1.29, 1.82) is 0 Å². The standard InChI is InChI=1S/C22H17ClN4O4S/c1-13-2-8-17-18(10-13)26-21(24-15-5-9-19-20(11-15)31-12-30-19)22(25-17)27-32(28,29)16-6-3-14(23)4-7-16/h2-11H,12H2,1H3,(H,24,26)(H,25,27). The molecule has 0 fully saturated rings. The van der Waals surface area contributed by atoms with Crippen LogP contribution < -0.4 is 19.5 Å². The number of anilines is 3. The van der Waals surface area contributed by atoms with Crippen LogP contribution in [0.3, 0.4) is 0 Å². The Hall–Kier alpha value is -3.56. The first-order chi connectivity index (χ1) is 15.4. The van der Waals surface area contributed by atoms with Crippen molar-refractivity contribution in [2.45, 2.75) is 11.8 Å². The Labute approximate surface area is 189 Å². The summed E-state index contributed by atoms with van der Waals surface area (Å²) >= 11 is 5.89. The van der Waals surface area contributed by atoms with Gasteiger partial charge in [-0.25, -0.2) is 18.4 Å². The molecule has 1 aliphatic heterocycles. The summed E-state index contributed by atoms with van der Waals surface area (Å²) in [7, 11) is -3.93. The summed E-state index contributed by atoms with van der Waals surface area (Å²) < 4.78 is 39.3. The van der Waals surface area contributed by atoms with Crippen LogP contribution in [0.2, 0.25) is 5.02 Å². The maximum atomic E-state index is 13.0. The molecule has 2 N–H and O–H groups in total. The second-order valence-corrected chi connectivity index (χ2v) is 9.28. The van der Waals surface area contributed by atoms with Crippen molar-refractivity contribution in [2.24, 2.45) is 0 Å². The van der Waals surface area contributed by atoms with Crippen molar-refractivity contribution in [3.63, 3.8) is 0 Å². The lowest BCUT2D eigenvalue weighted by atomic mass is 10.2. The molecule has 0 saturated heterocycles. The highest BCUT2D eigenvalue weighted by Gasteiger charge is 2.20. The van der Waals surface area contributed by atoms with E-state index >= 15 is 0 Å². The van der Waals surface area contributed by atoms with Crippen LogP contribution >= 0.6 is 11.6 Å².